The molecular weight excluding hydrogens is 216 g/mol. The van der Waals surface area contributed by atoms with Crippen molar-refractivity contribution in [2.75, 3.05) is 13.6 Å². The number of carboxylic acid groups (broad SMARTS) is 1. The third-order valence-electron chi connectivity index (χ3n) is 1.85. The summed E-state index contributed by atoms with van der Waals surface area (Å²) in [5, 5.41) is 19.8. The van der Waals surface area contributed by atoms with Gasteiger partial charge in [0.2, 0.25) is 0 Å². The van der Waals surface area contributed by atoms with E-state index in [1.54, 1.807) is 5.51 Å². The van der Waals surface area contributed by atoms with E-state index >= 15 is 0 Å². The summed E-state index contributed by atoms with van der Waals surface area (Å²) < 4.78 is 0. The van der Waals surface area contributed by atoms with E-state index in [4.69, 9.17) is 5.11 Å². The van der Waals surface area contributed by atoms with Gasteiger partial charge in [0.1, 0.15) is 0 Å². The lowest BCUT2D eigenvalue weighted by Crippen LogP contribution is -2.30. The first-order valence-electron chi connectivity index (χ1n) is 4.53. The van der Waals surface area contributed by atoms with Gasteiger partial charge in [0.05, 0.1) is 23.7 Å². The Morgan fingerprint density at radius 1 is 1.73 bits per heavy atom. The zero-order valence-electron chi connectivity index (χ0n) is 8.46. The topological polar surface area (TPSA) is 73.7 Å². The molecule has 1 aromatic heterocycles. The molecule has 1 heterocycles. The number of rotatable bonds is 6. The molecule has 15 heavy (non-hydrogen) atoms. The van der Waals surface area contributed by atoms with Crippen LogP contribution in [-0.4, -0.2) is 45.8 Å². The molecule has 0 aliphatic rings. The lowest BCUT2D eigenvalue weighted by molar-refractivity contribution is -0.139. The number of aliphatic hydroxyl groups excluding tert-OH is 1. The second kappa shape index (κ2) is 5.79. The van der Waals surface area contributed by atoms with Crippen LogP contribution in [0.3, 0.4) is 0 Å². The second-order valence-electron chi connectivity index (χ2n) is 3.43. The Labute approximate surface area is 92.0 Å². The molecule has 0 spiro atoms. The van der Waals surface area contributed by atoms with Crippen molar-refractivity contribution in [2.45, 2.75) is 19.1 Å². The highest BCUT2D eigenvalue weighted by atomic mass is 32.1. The van der Waals surface area contributed by atoms with Crippen LogP contribution < -0.4 is 0 Å². The number of aromatic nitrogens is 1. The van der Waals surface area contributed by atoms with Crippen LogP contribution in [0.1, 0.15) is 12.1 Å². The summed E-state index contributed by atoms with van der Waals surface area (Å²) >= 11 is 1.52. The van der Waals surface area contributed by atoms with Crippen molar-refractivity contribution in [2.24, 2.45) is 0 Å². The number of likely N-dealkylation sites (N-methyl/N-ethyl adjacent to an activating group) is 1. The van der Waals surface area contributed by atoms with Crippen molar-refractivity contribution in [3.8, 4) is 0 Å². The number of hydrogen-bond acceptors (Lipinski definition) is 5. The van der Waals surface area contributed by atoms with Crippen molar-refractivity contribution in [3.63, 3.8) is 0 Å². The normalized spacial score (nSPS) is 13.0. The molecular formula is C9H14N2O3S. The summed E-state index contributed by atoms with van der Waals surface area (Å²) in [5.74, 6) is -0.982. The van der Waals surface area contributed by atoms with Crippen molar-refractivity contribution in [3.05, 3.63) is 16.6 Å². The number of thiazole rings is 1. The van der Waals surface area contributed by atoms with Gasteiger partial charge in [-0.1, -0.05) is 0 Å². The van der Waals surface area contributed by atoms with Gasteiger partial charge >= 0.3 is 5.97 Å². The van der Waals surface area contributed by atoms with Crippen molar-refractivity contribution >= 4 is 17.3 Å². The van der Waals surface area contributed by atoms with Crippen molar-refractivity contribution in [1.82, 2.24) is 9.88 Å². The Morgan fingerprint density at radius 3 is 3.00 bits per heavy atom. The molecule has 0 aromatic carbocycles. The molecule has 0 aliphatic carbocycles. The maximum Gasteiger partial charge on any atom is 0.306 e. The van der Waals surface area contributed by atoms with E-state index in [0.717, 1.165) is 5.69 Å². The van der Waals surface area contributed by atoms with Crippen LogP contribution in [0, 0.1) is 0 Å². The zero-order chi connectivity index (χ0) is 11.3. The van der Waals surface area contributed by atoms with E-state index in [1.165, 1.54) is 11.3 Å². The highest BCUT2D eigenvalue weighted by Crippen LogP contribution is 2.05. The van der Waals surface area contributed by atoms with Crippen LogP contribution in [-0.2, 0) is 11.3 Å². The first-order valence-corrected chi connectivity index (χ1v) is 5.47. The fourth-order valence-corrected chi connectivity index (χ4v) is 1.83. The Morgan fingerprint density at radius 2 is 2.47 bits per heavy atom. The quantitative estimate of drug-likeness (QED) is 0.740. The van der Waals surface area contributed by atoms with Crippen LogP contribution in [0.15, 0.2) is 10.9 Å². The summed E-state index contributed by atoms with van der Waals surface area (Å²) in [6.07, 6.45) is -1.05. The van der Waals surface area contributed by atoms with Crippen LogP contribution in [0.2, 0.25) is 0 Å². The van der Waals surface area contributed by atoms with Gasteiger partial charge in [-0.2, -0.15) is 0 Å². The Balaban J connectivity index is 2.29. The molecule has 1 aromatic rings. The van der Waals surface area contributed by atoms with Crippen LogP contribution in [0.4, 0.5) is 0 Å². The molecule has 0 saturated carbocycles. The van der Waals surface area contributed by atoms with Gasteiger partial charge in [-0.15, -0.1) is 11.3 Å². The van der Waals surface area contributed by atoms with Crippen molar-refractivity contribution < 1.29 is 15.0 Å². The van der Waals surface area contributed by atoms with Gasteiger partial charge in [-0.05, 0) is 7.05 Å². The molecule has 0 amide bonds. The summed E-state index contributed by atoms with van der Waals surface area (Å²) in [7, 11) is 1.82. The number of carbonyl (C=O) groups is 1. The second-order valence-corrected chi connectivity index (χ2v) is 4.15. The van der Waals surface area contributed by atoms with Gasteiger partial charge in [-0.25, -0.2) is 4.98 Å². The van der Waals surface area contributed by atoms with E-state index in [9.17, 15) is 9.90 Å². The lowest BCUT2D eigenvalue weighted by atomic mass is 10.2. The van der Waals surface area contributed by atoms with E-state index in [2.05, 4.69) is 4.98 Å². The molecule has 0 fully saturated rings. The maximum atomic E-state index is 10.3. The molecule has 0 bridgehead atoms. The van der Waals surface area contributed by atoms with Gasteiger partial charge in [0, 0.05) is 18.5 Å². The summed E-state index contributed by atoms with van der Waals surface area (Å²) in [5.41, 5.74) is 2.68. The average Bonchev–Trinajstić information content (AvgIpc) is 2.53. The molecule has 1 unspecified atom stereocenters. The highest BCUT2D eigenvalue weighted by Gasteiger charge is 2.12. The Hall–Kier alpha value is -0.980. The molecule has 2 N–H and O–H groups in total. The summed E-state index contributed by atoms with van der Waals surface area (Å²) in [6.45, 7) is 0.962. The first kappa shape index (κ1) is 12.1. The highest BCUT2D eigenvalue weighted by molar-refractivity contribution is 7.07. The number of hydrogen-bond donors (Lipinski definition) is 2. The predicted molar refractivity (Wildman–Crippen MR) is 56.7 cm³/mol. The fraction of sp³-hybridized carbons (Fsp3) is 0.556. The third-order valence-corrected chi connectivity index (χ3v) is 2.48. The molecule has 84 valence electrons. The van der Waals surface area contributed by atoms with Gasteiger partial charge in [0.15, 0.2) is 0 Å². The minimum atomic E-state index is -0.982. The predicted octanol–water partition coefficient (Wildman–Crippen LogP) is 0.410. The molecule has 0 saturated heterocycles. The van der Waals surface area contributed by atoms with E-state index in [-0.39, 0.29) is 6.42 Å². The largest absolute Gasteiger partial charge is 0.481 e. The number of aliphatic carboxylic acids is 1. The third kappa shape index (κ3) is 4.87. The first-order chi connectivity index (χ1) is 7.08. The van der Waals surface area contributed by atoms with Gasteiger partial charge in [0.25, 0.3) is 0 Å². The minimum Gasteiger partial charge on any atom is -0.481 e. The molecule has 1 rings (SSSR count). The molecule has 1 atom stereocenters. The van der Waals surface area contributed by atoms with Crippen LogP contribution in [0.25, 0.3) is 0 Å². The molecule has 0 radical (unpaired) electrons. The van der Waals surface area contributed by atoms with Crippen LogP contribution >= 0.6 is 11.3 Å². The Bertz CT molecular complexity index is 302. The lowest BCUT2D eigenvalue weighted by Gasteiger charge is -2.18. The standard InChI is InChI=1S/C9H14N2O3S/c1-11(3-7-5-15-6-10-7)4-8(12)2-9(13)14/h5-6,8,12H,2-4H2,1H3,(H,13,14). The fourth-order valence-electron chi connectivity index (χ4n) is 1.28. The maximum absolute atomic E-state index is 10.3. The minimum absolute atomic E-state index is 0.221. The Kier molecular flexibility index (Phi) is 4.67. The van der Waals surface area contributed by atoms with Gasteiger partial charge < -0.3 is 10.2 Å². The van der Waals surface area contributed by atoms with Crippen molar-refractivity contribution in [1.29, 1.82) is 0 Å². The molecule has 6 heteroatoms. The SMILES string of the molecule is CN(Cc1cscn1)CC(O)CC(=O)O. The van der Waals surface area contributed by atoms with E-state index in [1.807, 2.05) is 17.3 Å². The van der Waals surface area contributed by atoms with Gasteiger partial charge in [-0.3, -0.25) is 9.69 Å². The van der Waals surface area contributed by atoms with E-state index < -0.39 is 12.1 Å². The van der Waals surface area contributed by atoms with Crippen LogP contribution in [0.5, 0.6) is 0 Å². The monoisotopic (exact) mass is 230 g/mol. The van der Waals surface area contributed by atoms with E-state index in [0.29, 0.717) is 13.1 Å². The number of aliphatic hydroxyl groups is 1. The number of nitrogens with zero attached hydrogens (tertiary/aromatic N) is 2. The zero-order valence-corrected chi connectivity index (χ0v) is 9.28. The molecule has 5 nitrogen and oxygen atoms in total. The summed E-state index contributed by atoms with van der Waals surface area (Å²) in [4.78, 5) is 16.3. The number of carboxylic acids is 1. The summed E-state index contributed by atoms with van der Waals surface area (Å²) in [6, 6.07) is 0. The smallest absolute Gasteiger partial charge is 0.306 e. The average molecular weight is 230 g/mol. The molecule has 0 aliphatic heterocycles.